The summed E-state index contributed by atoms with van der Waals surface area (Å²) in [5.41, 5.74) is 0. The topological polar surface area (TPSA) is 51.2 Å². The van der Waals surface area contributed by atoms with Crippen LogP contribution in [-0.4, -0.2) is 85.5 Å². The minimum absolute atomic E-state index is 0.0101. The van der Waals surface area contributed by atoms with Gasteiger partial charge >= 0.3 is 0 Å². The van der Waals surface area contributed by atoms with E-state index in [4.69, 9.17) is 0 Å². The van der Waals surface area contributed by atoms with E-state index in [1.54, 1.807) is 11.3 Å². The molecule has 3 rings (SSSR count). The molecule has 26 heavy (non-hydrogen) atoms. The summed E-state index contributed by atoms with van der Waals surface area (Å²) in [5.74, 6) is 1.27. The van der Waals surface area contributed by atoms with Gasteiger partial charge in [0.2, 0.25) is 5.91 Å². The highest BCUT2D eigenvalue weighted by molar-refractivity contribution is 7.09. The Balaban J connectivity index is 1.43. The molecule has 0 aliphatic carbocycles. The third-order valence-corrected chi connectivity index (χ3v) is 6.32. The maximum atomic E-state index is 12.6. The number of thiophene rings is 1. The van der Waals surface area contributed by atoms with Crippen LogP contribution in [0.4, 0.5) is 0 Å². The van der Waals surface area contributed by atoms with Crippen LogP contribution in [0.2, 0.25) is 0 Å². The maximum Gasteiger partial charge on any atom is 0.239 e. The van der Waals surface area contributed by atoms with Gasteiger partial charge in [-0.1, -0.05) is 6.07 Å². The number of nitrogens with zero attached hydrogens (tertiary/aromatic N) is 4. The number of likely N-dealkylation sites (tertiary alicyclic amines) is 1. The molecule has 6 nitrogen and oxygen atoms in total. The summed E-state index contributed by atoms with van der Waals surface area (Å²) in [4.78, 5) is 25.1. The molecule has 1 N–H and O–H groups in total. The predicted octanol–water partition coefficient (Wildman–Crippen LogP) is 1.49. The zero-order valence-corrected chi connectivity index (χ0v) is 16.8. The molecule has 0 radical (unpaired) electrons. The Morgan fingerprint density at radius 3 is 2.54 bits per heavy atom. The van der Waals surface area contributed by atoms with Gasteiger partial charge < -0.3 is 15.1 Å². The molecule has 0 bridgehead atoms. The van der Waals surface area contributed by atoms with Crippen molar-refractivity contribution >= 4 is 23.2 Å². The number of carbonyl (C=O) groups is 1. The van der Waals surface area contributed by atoms with Gasteiger partial charge in [-0.2, -0.15) is 0 Å². The fourth-order valence-electron chi connectivity index (χ4n) is 3.76. The third-order valence-electron chi connectivity index (χ3n) is 5.38. The van der Waals surface area contributed by atoms with Crippen LogP contribution in [-0.2, 0) is 11.2 Å². The zero-order valence-electron chi connectivity index (χ0n) is 16.0. The smallest absolute Gasteiger partial charge is 0.239 e. The number of guanidine groups is 1. The molecule has 0 aromatic carbocycles. The Morgan fingerprint density at radius 1 is 1.19 bits per heavy atom. The second kappa shape index (κ2) is 9.37. The first-order valence-electron chi connectivity index (χ1n) is 9.70. The van der Waals surface area contributed by atoms with Gasteiger partial charge in [-0.15, -0.1) is 11.3 Å². The summed E-state index contributed by atoms with van der Waals surface area (Å²) in [7, 11) is 1.85. The van der Waals surface area contributed by atoms with Crippen molar-refractivity contribution in [2.45, 2.75) is 32.2 Å². The standard InChI is InChI=1S/C19H31N5OS/c1-16(18(25)23-9-3-4-10-23)22-11-13-24(14-12-22)19(20-2)21-8-7-17-6-5-15-26-17/h5-6,15-16H,3-4,7-14H2,1-2H3,(H,20,21). The highest BCUT2D eigenvalue weighted by atomic mass is 32.1. The zero-order chi connectivity index (χ0) is 18.4. The second-order valence-electron chi connectivity index (χ2n) is 7.03. The fourth-order valence-corrected chi connectivity index (χ4v) is 4.47. The van der Waals surface area contributed by atoms with Crippen LogP contribution in [0.5, 0.6) is 0 Å². The minimum atomic E-state index is -0.0101. The molecule has 0 spiro atoms. The summed E-state index contributed by atoms with van der Waals surface area (Å²) < 4.78 is 0. The quantitative estimate of drug-likeness (QED) is 0.624. The van der Waals surface area contributed by atoms with Crippen molar-refractivity contribution in [1.29, 1.82) is 0 Å². The van der Waals surface area contributed by atoms with Crippen molar-refractivity contribution in [2.24, 2.45) is 4.99 Å². The van der Waals surface area contributed by atoms with E-state index in [0.29, 0.717) is 5.91 Å². The molecule has 1 unspecified atom stereocenters. The summed E-state index contributed by atoms with van der Waals surface area (Å²) in [6.45, 7) is 8.47. The lowest BCUT2D eigenvalue weighted by Crippen LogP contribution is -2.57. The highest BCUT2D eigenvalue weighted by Crippen LogP contribution is 2.14. The fraction of sp³-hybridized carbons (Fsp3) is 0.684. The van der Waals surface area contributed by atoms with Gasteiger partial charge in [0, 0.05) is 57.7 Å². The van der Waals surface area contributed by atoms with Crippen molar-refractivity contribution in [3.8, 4) is 0 Å². The molecule has 1 atom stereocenters. The average molecular weight is 378 g/mol. The molecule has 2 aliphatic rings. The van der Waals surface area contributed by atoms with Gasteiger partial charge in [0.05, 0.1) is 6.04 Å². The van der Waals surface area contributed by atoms with E-state index in [2.05, 4.69) is 44.5 Å². The molecule has 0 saturated carbocycles. The molecule has 1 aromatic rings. The lowest BCUT2D eigenvalue weighted by atomic mass is 10.2. The first-order valence-corrected chi connectivity index (χ1v) is 10.6. The number of hydrogen-bond acceptors (Lipinski definition) is 4. The lowest BCUT2D eigenvalue weighted by Gasteiger charge is -2.39. The van der Waals surface area contributed by atoms with Gasteiger partial charge in [-0.25, -0.2) is 0 Å². The number of rotatable bonds is 5. The SMILES string of the molecule is CN=C(NCCc1cccs1)N1CCN(C(C)C(=O)N2CCCC2)CC1. The summed E-state index contributed by atoms with van der Waals surface area (Å²) in [5, 5.41) is 5.60. The van der Waals surface area contributed by atoms with E-state index in [0.717, 1.165) is 71.0 Å². The molecule has 2 saturated heterocycles. The van der Waals surface area contributed by atoms with Crippen LogP contribution in [0.3, 0.4) is 0 Å². The van der Waals surface area contributed by atoms with Crippen molar-refractivity contribution in [1.82, 2.24) is 20.0 Å². The number of amides is 1. The molecule has 144 valence electrons. The summed E-state index contributed by atoms with van der Waals surface area (Å²) in [6, 6.07) is 4.26. The molecule has 7 heteroatoms. The second-order valence-corrected chi connectivity index (χ2v) is 8.07. The number of carbonyl (C=O) groups excluding carboxylic acids is 1. The molecule has 2 aliphatic heterocycles. The van der Waals surface area contributed by atoms with Crippen LogP contribution >= 0.6 is 11.3 Å². The van der Waals surface area contributed by atoms with Gasteiger partial charge in [0.1, 0.15) is 0 Å². The first-order chi connectivity index (χ1) is 12.7. The Bertz CT molecular complexity index is 589. The highest BCUT2D eigenvalue weighted by Gasteiger charge is 2.30. The van der Waals surface area contributed by atoms with Crippen molar-refractivity contribution < 1.29 is 4.79 Å². The molecular formula is C19H31N5OS. The third kappa shape index (κ3) is 4.76. The van der Waals surface area contributed by atoms with Crippen molar-refractivity contribution in [3.63, 3.8) is 0 Å². The van der Waals surface area contributed by atoms with Crippen LogP contribution in [0.25, 0.3) is 0 Å². The van der Waals surface area contributed by atoms with E-state index in [-0.39, 0.29) is 6.04 Å². The van der Waals surface area contributed by atoms with Crippen LogP contribution in [0.15, 0.2) is 22.5 Å². The van der Waals surface area contributed by atoms with E-state index in [1.165, 1.54) is 4.88 Å². The lowest BCUT2D eigenvalue weighted by molar-refractivity contribution is -0.135. The summed E-state index contributed by atoms with van der Waals surface area (Å²) >= 11 is 1.80. The Hall–Kier alpha value is -1.60. The number of aliphatic imine (C=N–C) groups is 1. The van der Waals surface area contributed by atoms with Gasteiger partial charge in [-0.3, -0.25) is 14.7 Å². The molecule has 3 heterocycles. The number of hydrogen-bond donors (Lipinski definition) is 1. The van der Waals surface area contributed by atoms with Gasteiger partial charge in [-0.05, 0) is 37.6 Å². The monoisotopic (exact) mass is 377 g/mol. The van der Waals surface area contributed by atoms with E-state index >= 15 is 0 Å². The Kier molecular flexibility index (Phi) is 6.91. The first kappa shape index (κ1) is 19.2. The number of nitrogens with one attached hydrogen (secondary N) is 1. The predicted molar refractivity (Wildman–Crippen MR) is 108 cm³/mol. The molecule has 1 amide bonds. The van der Waals surface area contributed by atoms with Gasteiger partial charge in [0.25, 0.3) is 0 Å². The largest absolute Gasteiger partial charge is 0.356 e. The summed E-state index contributed by atoms with van der Waals surface area (Å²) in [6.07, 6.45) is 3.33. The molecule has 1 aromatic heterocycles. The van der Waals surface area contributed by atoms with E-state index in [1.807, 2.05) is 11.9 Å². The number of piperazine rings is 1. The average Bonchev–Trinajstić information content (AvgIpc) is 3.38. The molecule has 2 fully saturated rings. The van der Waals surface area contributed by atoms with Crippen molar-refractivity contribution in [3.05, 3.63) is 22.4 Å². The Morgan fingerprint density at radius 2 is 1.92 bits per heavy atom. The minimum Gasteiger partial charge on any atom is -0.356 e. The molecular weight excluding hydrogens is 346 g/mol. The maximum absolute atomic E-state index is 12.6. The van der Waals surface area contributed by atoms with E-state index in [9.17, 15) is 4.79 Å². The van der Waals surface area contributed by atoms with Crippen LogP contribution in [0, 0.1) is 0 Å². The van der Waals surface area contributed by atoms with Crippen molar-refractivity contribution in [2.75, 3.05) is 52.9 Å². The van der Waals surface area contributed by atoms with Gasteiger partial charge in [0.15, 0.2) is 5.96 Å². The van der Waals surface area contributed by atoms with Crippen LogP contribution in [0.1, 0.15) is 24.6 Å². The van der Waals surface area contributed by atoms with Crippen LogP contribution < -0.4 is 5.32 Å². The van der Waals surface area contributed by atoms with E-state index < -0.39 is 0 Å². The normalized spacial score (nSPS) is 20.5. The Labute approximate surface area is 160 Å².